The molecular formula is C24H26O7. The van der Waals surface area contributed by atoms with E-state index in [1.54, 1.807) is 20.8 Å². The zero-order chi connectivity index (χ0) is 22.7. The van der Waals surface area contributed by atoms with Crippen LogP contribution in [0.15, 0.2) is 24.3 Å². The minimum Gasteiger partial charge on any atom is -0.426 e. The maximum absolute atomic E-state index is 13.8. The maximum Gasteiger partial charge on any atom is 0.316 e. The zero-order valence-electron chi connectivity index (χ0n) is 18.3. The third-order valence-corrected chi connectivity index (χ3v) is 6.50. The molecule has 0 heterocycles. The lowest BCUT2D eigenvalue weighted by atomic mass is 9.53. The van der Waals surface area contributed by atoms with Crippen molar-refractivity contribution < 1.29 is 33.4 Å². The fourth-order valence-electron chi connectivity index (χ4n) is 4.95. The summed E-state index contributed by atoms with van der Waals surface area (Å²) < 4.78 is 16.6. The SMILES string of the molecule is COC12C=CC(CC1)C1C(=O)c3c(OC(C)=O)ccc(OC(=O)C(C)(C)C)c3C(=O)C12. The van der Waals surface area contributed by atoms with Crippen molar-refractivity contribution in [3.8, 4) is 11.5 Å². The Bertz CT molecular complexity index is 1030. The van der Waals surface area contributed by atoms with E-state index in [1.165, 1.54) is 26.2 Å². The molecule has 2 bridgehead atoms. The van der Waals surface area contributed by atoms with Gasteiger partial charge in [0.05, 0.1) is 28.1 Å². The largest absolute Gasteiger partial charge is 0.426 e. The highest BCUT2D eigenvalue weighted by Crippen LogP contribution is 2.55. The van der Waals surface area contributed by atoms with E-state index in [2.05, 4.69) is 0 Å². The molecule has 1 aromatic carbocycles. The van der Waals surface area contributed by atoms with Gasteiger partial charge in [0.15, 0.2) is 11.6 Å². The van der Waals surface area contributed by atoms with E-state index >= 15 is 0 Å². The van der Waals surface area contributed by atoms with Crippen molar-refractivity contribution in [1.29, 1.82) is 0 Å². The molecule has 164 valence electrons. The van der Waals surface area contributed by atoms with E-state index in [0.717, 1.165) is 6.42 Å². The number of carbonyl (C=O) groups excluding carboxylic acids is 4. The van der Waals surface area contributed by atoms with E-state index in [4.69, 9.17) is 14.2 Å². The van der Waals surface area contributed by atoms with Crippen LogP contribution in [0.1, 0.15) is 61.3 Å². The molecule has 0 saturated heterocycles. The average molecular weight is 426 g/mol. The Labute approximate surface area is 180 Å². The Morgan fingerprint density at radius 2 is 1.65 bits per heavy atom. The van der Waals surface area contributed by atoms with Gasteiger partial charge in [-0.2, -0.15) is 0 Å². The number of benzene rings is 1. The summed E-state index contributed by atoms with van der Waals surface area (Å²) in [6.45, 7) is 6.32. The van der Waals surface area contributed by atoms with E-state index in [0.29, 0.717) is 6.42 Å². The predicted molar refractivity (Wildman–Crippen MR) is 110 cm³/mol. The summed E-state index contributed by atoms with van der Waals surface area (Å²) in [4.78, 5) is 51.8. The second-order valence-electron chi connectivity index (χ2n) is 9.50. The van der Waals surface area contributed by atoms with Crippen LogP contribution in [-0.4, -0.2) is 36.2 Å². The first-order valence-electron chi connectivity index (χ1n) is 10.4. The van der Waals surface area contributed by atoms with Crippen molar-refractivity contribution in [3.05, 3.63) is 35.4 Å². The number of Topliss-reactive ketones (excluding diaryl/α,β-unsaturated/α-hetero) is 2. The molecule has 4 unspecified atom stereocenters. The molecule has 5 rings (SSSR count). The molecule has 0 aromatic heterocycles. The van der Waals surface area contributed by atoms with Crippen LogP contribution in [0.25, 0.3) is 0 Å². The number of carbonyl (C=O) groups is 4. The van der Waals surface area contributed by atoms with Crippen molar-refractivity contribution in [3.63, 3.8) is 0 Å². The van der Waals surface area contributed by atoms with Crippen molar-refractivity contribution in [2.45, 2.75) is 46.1 Å². The summed E-state index contributed by atoms with van der Waals surface area (Å²) in [6, 6.07) is 2.81. The van der Waals surface area contributed by atoms with Gasteiger partial charge in [-0.1, -0.05) is 12.2 Å². The van der Waals surface area contributed by atoms with Crippen molar-refractivity contribution in [1.82, 2.24) is 0 Å². The van der Waals surface area contributed by atoms with Crippen LogP contribution in [0.5, 0.6) is 11.5 Å². The monoisotopic (exact) mass is 426 g/mol. The van der Waals surface area contributed by atoms with E-state index < -0.39 is 34.8 Å². The third kappa shape index (κ3) is 3.22. The van der Waals surface area contributed by atoms with Crippen LogP contribution in [0.2, 0.25) is 0 Å². The molecule has 0 N–H and O–H groups in total. The van der Waals surface area contributed by atoms with Crippen LogP contribution in [0, 0.1) is 23.2 Å². The van der Waals surface area contributed by atoms with Crippen LogP contribution in [0.3, 0.4) is 0 Å². The number of ketones is 2. The number of fused-ring (bicyclic) bond motifs is 2. The van der Waals surface area contributed by atoms with Crippen LogP contribution in [0.4, 0.5) is 0 Å². The van der Waals surface area contributed by atoms with Gasteiger partial charge in [-0.25, -0.2) is 0 Å². The van der Waals surface area contributed by atoms with E-state index in [9.17, 15) is 19.2 Å². The number of ether oxygens (including phenoxy) is 3. The maximum atomic E-state index is 13.8. The fraction of sp³-hybridized carbons (Fsp3) is 0.500. The van der Waals surface area contributed by atoms with E-state index in [-0.39, 0.29) is 40.1 Å². The van der Waals surface area contributed by atoms with Gasteiger partial charge in [0.1, 0.15) is 11.5 Å². The predicted octanol–water partition coefficient (Wildman–Crippen LogP) is 3.54. The number of methoxy groups -OCH3 is 1. The molecule has 1 saturated carbocycles. The molecule has 7 nitrogen and oxygen atoms in total. The second-order valence-corrected chi connectivity index (χ2v) is 9.50. The topological polar surface area (TPSA) is 96.0 Å². The Balaban J connectivity index is 1.92. The lowest BCUT2D eigenvalue weighted by Gasteiger charge is -2.52. The first kappa shape index (κ1) is 21.4. The van der Waals surface area contributed by atoms with Gasteiger partial charge in [0.2, 0.25) is 0 Å². The van der Waals surface area contributed by atoms with Crippen LogP contribution in [-0.2, 0) is 14.3 Å². The summed E-state index contributed by atoms with van der Waals surface area (Å²) >= 11 is 0. The highest BCUT2D eigenvalue weighted by molar-refractivity contribution is 6.20. The van der Waals surface area contributed by atoms with Gasteiger partial charge in [-0.15, -0.1) is 0 Å². The number of hydrogen-bond donors (Lipinski definition) is 0. The van der Waals surface area contributed by atoms with Gasteiger partial charge >= 0.3 is 11.9 Å². The molecule has 0 amide bonds. The van der Waals surface area contributed by atoms with Crippen molar-refractivity contribution in [2.24, 2.45) is 23.2 Å². The summed E-state index contributed by atoms with van der Waals surface area (Å²) in [5.74, 6) is -3.20. The number of allylic oxidation sites excluding steroid dienone is 1. The quantitative estimate of drug-likeness (QED) is 0.414. The molecule has 4 aliphatic carbocycles. The Kier molecular flexibility index (Phi) is 4.92. The Morgan fingerprint density at radius 1 is 1.03 bits per heavy atom. The molecule has 4 aliphatic rings. The molecule has 31 heavy (non-hydrogen) atoms. The number of rotatable bonds is 3. The van der Waals surface area contributed by atoms with Crippen molar-refractivity contribution in [2.75, 3.05) is 7.11 Å². The van der Waals surface area contributed by atoms with Gasteiger partial charge in [0, 0.05) is 20.0 Å². The first-order chi connectivity index (χ1) is 14.5. The summed E-state index contributed by atoms with van der Waals surface area (Å²) in [5.41, 5.74) is -1.70. The van der Waals surface area contributed by atoms with Gasteiger partial charge in [-0.05, 0) is 51.7 Å². The standard InChI is InChI=1S/C24H26O7/c1-12(25)30-14-6-7-15(31-22(28)23(2,3)4)18-17(14)20(26)16-13-8-10-24(29-5,11-9-13)19(16)21(18)27/h6-8,10,13,16,19H,9,11H2,1-5H3. The molecule has 7 heteroatoms. The fourth-order valence-corrected chi connectivity index (χ4v) is 4.95. The van der Waals surface area contributed by atoms with Gasteiger partial charge in [-0.3, -0.25) is 19.2 Å². The summed E-state index contributed by atoms with van der Waals surface area (Å²) in [7, 11) is 1.54. The minimum atomic E-state index is -0.882. The molecule has 0 radical (unpaired) electrons. The van der Waals surface area contributed by atoms with Crippen LogP contribution >= 0.6 is 0 Å². The third-order valence-electron chi connectivity index (χ3n) is 6.50. The highest BCUT2D eigenvalue weighted by atomic mass is 16.5. The van der Waals surface area contributed by atoms with E-state index in [1.807, 2.05) is 12.2 Å². The number of esters is 2. The molecule has 0 aliphatic heterocycles. The lowest BCUT2D eigenvalue weighted by Crippen LogP contribution is -2.58. The van der Waals surface area contributed by atoms with Crippen molar-refractivity contribution >= 4 is 23.5 Å². The van der Waals surface area contributed by atoms with Crippen LogP contribution < -0.4 is 9.47 Å². The molecule has 0 spiro atoms. The lowest BCUT2D eigenvalue weighted by molar-refractivity contribution is -0.143. The first-order valence-corrected chi connectivity index (χ1v) is 10.4. The highest BCUT2D eigenvalue weighted by Gasteiger charge is 2.60. The average Bonchev–Trinajstić information content (AvgIpc) is 2.71. The normalized spacial score (nSPS) is 28.7. The minimum absolute atomic E-state index is 0.000642. The molecule has 1 fully saturated rings. The van der Waals surface area contributed by atoms with Gasteiger partial charge in [0.25, 0.3) is 0 Å². The number of hydrogen-bond acceptors (Lipinski definition) is 7. The van der Waals surface area contributed by atoms with Gasteiger partial charge < -0.3 is 14.2 Å². The Morgan fingerprint density at radius 3 is 2.16 bits per heavy atom. The molecule has 1 aromatic rings. The molecule has 4 atom stereocenters. The Hall–Kier alpha value is -2.80. The molecular weight excluding hydrogens is 400 g/mol. The zero-order valence-corrected chi connectivity index (χ0v) is 18.3. The second kappa shape index (κ2) is 7.12. The summed E-state index contributed by atoms with van der Waals surface area (Å²) in [5, 5.41) is 0. The summed E-state index contributed by atoms with van der Waals surface area (Å²) in [6.07, 6.45) is 5.18. The smallest absolute Gasteiger partial charge is 0.316 e.